The molecular formula is C30H46O7. The monoisotopic (exact) mass is 518 g/mol. The highest BCUT2D eigenvalue weighted by atomic mass is 16.3. The van der Waals surface area contributed by atoms with Crippen molar-refractivity contribution in [1.29, 1.82) is 0 Å². The lowest BCUT2D eigenvalue weighted by Gasteiger charge is -2.65. The van der Waals surface area contributed by atoms with E-state index in [9.17, 15) is 35.1 Å². The van der Waals surface area contributed by atoms with Gasteiger partial charge in [-0.3, -0.25) is 9.59 Å². The number of aliphatic hydroxyl groups is 5. The van der Waals surface area contributed by atoms with Crippen LogP contribution >= 0.6 is 0 Å². The van der Waals surface area contributed by atoms with Crippen molar-refractivity contribution in [3.63, 3.8) is 0 Å². The van der Waals surface area contributed by atoms with E-state index in [-0.39, 0.29) is 24.0 Å². The minimum Gasteiger partial charge on any atom is -0.393 e. The van der Waals surface area contributed by atoms with Crippen LogP contribution in [0.1, 0.15) is 81.1 Å². The van der Waals surface area contributed by atoms with Gasteiger partial charge in [0, 0.05) is 23.2 Å². The van der Waals surface area contributed by atoms with Crippen LogP contribution < -0.4 is 0 Å². The second kappa shape index (κ2) is 8.31. The molecule has 0 aliphatic heterocycles. The second-order valence-corrected chi connectivity index (χ2v) is 14.4. The molecule has 0 radical (unpaired) electrons. The summed E-state index contributed by atoms with van der Waals surface area (Å²) in [7, 11) is 0. The normalized spacial score (nSPS) is 47.1. The molecule has 0 spiro atoms. The van der Waals surface area contributed by atoms with Gasteiger partial charge in [0.15, 0.2) is 5.78 Å². The largest absolute Gasteiger partial charge is 0.393 e. The van der Waals surface area contributed by atoms with Gasteiger partial charge in [-0.2, -0.15) is 0 Å². The zero-order valence-corrected chi connectivity index (χ0v) is 23.6. The Morgan fingerprint density at radius 3 is 2.16 bits per heavy atom. The fourth-order valence-corrected chi connectivity index (χ4v) is 9.15. The van der Waals surface area contributed by atoms with Crippen molar-refractivity contribution in [2.24, 2.45) is 39.4 Å². The molecule has 10 atom stereocenters. The molecular weight excluding hydrogens is 472 g/mol. The molecule has 3 fully saturated rings. The lowest BCUT2D eigenvalue weighted by Crippen LogP contribution is -2.65. The van der Waals surface area contributed by atoms with Crippen LogP contribution in [0.4, 0.5) is 0 Å². The number of carbonyl (C=O) groups is 2. The molecule has 0 amide bonds. The summed E-state index contributed by atoms with van der Waals surface area (Å²) in [4.78, 5) is 27.4. The Bertz CT molecular complexity index is 1050. The Balaban J connectivity index is 1.79. The van der Waals surface area contributed by atoms with Crippen LogP contribution in [0, 0.1) is 39.4 Å². The van der Waals surface area contributed by atoms with Gasteiger partial charge in [0.05, 0.1) is 23.9 Å². The fraction of sp³-hybridized carbons (Fsp3) is 0.800. The number of rotatable bonds is 4. The van der Waals surface area contributed by atoms with Crippen molar-refractivity contribution >= 4 is 11.6 Å². The van der Waals surface area contributed by atoms with Gasteiger partial charge in [-0.15, -0.1) is 0 Å². The standard InChI is InChI=1S/C30H46O7/c1-25(2,36)12-11-21(33)30(8,37)23-19(32)14-27(5)20-10-9-16-17(13-18(31)24(35)26(16,3)4)29(20,7)22(34)15-28(23,27)6/h9,11-12,17-20,23-24,31-32,35-37H,10,13-15H2,1-8H3/b12-11+/t17-,18+,19-,20+,23-,24-,27+,28-,29+,30+/m1/s1. The lowest BCUT2D eigenvalue weighted by atomic mass is 9.38. The summed E-state index contributed by atoms with van der Waals surface area (Å²) in [6.07, 6.45) is 3.10. The first kappa shape index (κ1) is 28.6. The molecule has 0 bridgehead atoms. The molecule has 0 saturated heterocycles. The zero-order chi connectivity index (χ0) is 28.1. The summed E-state index contributed by atoms with van der Waals surface area (Å²) in [5.74, 6) is -1.88. The first-order valence-corrected chi connectivity index (χ1v) is 13.6. The number of hydrogen-bond donors (Lipinski definition) is 5. The first-order valence-electron chi connectivity index (χ1n) is 13.6. The van der Waals surface area contributed by atoms with Crippen molar-refractivity contribution in [3.8, 4) is 0 Å². The quantitative estimate of drug-likeness (QED) is 0.285. The van der Waals surface area contributed by atoms with Crippen LogP contribution in [0.5, 0.6) is 0 Å². The molecule has 37 heavy (non-hydrogen) atoms. The van der Waals surface area contributed by atoms with E-state index in [1.54, 1.807) is 0 Å². The third-order valence-corrected chi connectivity index (χ3v) is 11.4. The maximum atomic E-state index is 14.2. The summed E-state index contributed by atoms with van der Waals surface area (Å²) in [5, 5.41) is 54.6. The van der Waals surface area contributed by atoms with Crippen molar-refractivity contribution in [1.82, 2.24) is 0 Å². The van der Waals surface area contributed by atoms with Crippen molar-refractivity contribution in [2.75, 3.05) is 0 Å². The Morgan fingerprint density at radius 1 is 1.00 bits per heavy atom. The van der Waals surface area contributed by atoms with Gasteiger partial charge in [-0.1, -0.05) is 52.3 Å². The van der Waals surface area contributed by atoms with Gasteiger partial charge in [0.25, 0.3) is 0 Å². The molecule has 0 aromatic carbocycles. The number of fused-ring (bicyclic) bond motifs is 5. The van der Waals surface area contributed by atoms with E-state index in [0.29, 0.717) is 19.3 Å². The Hall–Kier alpha value is -1.38. The highest BCUT2D eigenvalue weighted by molar-refractivity contribution is 5.97. The molecule has 0 aromatic heterocycles. The molecule has 5 N–H and O–H groups in total. The molecule has 7 nitrogen and oxygen atoms in total. The molecule has 0 unspecified atom stereocenters. The number of carbonyl (C=O) groups excluding carboxylic acids is 2. The molecule has 7 heteroatoms. The second-order valence-electron chi connectivity index (χ2n) is 14.4. The third-order valence-electron chi connectivity index (χ3n) is 11.4. The van der Waals surface area contributed by atoms with E-state index in [1.807, 2.05) is 27.7 Å². The van der Waals surface area contributed by atoms with Gasteiger partial charge < -0.3 is 25.5 Å². The summed E-state index contributed by atoms with van der Waals surface area (Å²) < 4.78 is 0. The van der Waals surface area contributed by atoms with Crippen molar-refractivity contribution in [3.05, 3.63) is 23.8 Å². The first-order chi connectivity index (χ1) is 16.7. The number of hydrogen-bond acceptors (Lipinski definition) is 7. The van der Waals surface area contributed by atoms with E-state index >= 15 is 0 Å². The highest BCUT2D eigenvalue weighted by Gasteiger charge is 2.74. The number of aliphatic hydroxyl groups excluding tert-OH is 3. The average Bonchev–Trinajstić information content (AvgIpc) is 2.96. The molecule has 3 saturated carbocycles. The average molecular weight is 519 g/mol. The summed E-state index contributed by atoms with van der Waals surface area (Å²) in [6.45, 7) is 14.3. The van der Waals surface area contributed by atoms with Crippen molar-refractivity contribution in [2.45, 2.75) is 111 Å². The molecule has 4 rings (SSSR count). The maximum absolute atomic E-state index is 14.2. The Kier molecular flexibility index (Phi) is 6.43. The van der Waals surface area contributed by atoms with Crippen LogP contribution in [0.3, 0.4) is 0 Å². The maximum Gasteiger partial charge on any atom is 0.187 e. The third kappa shape index (κ3) is 3.79. The SMILES string of the molecule is CC(C)(O)/C=C/C(=O)[C@](C)(O)[C@@H]1[C@H](O)C[C@@]2(C)[C@@H]3CC=C4[C@@H](C[C@H](O)[C@@H](O)C4(C)C)[C@]3(C)C(=O)C[C@]12C. The van der Waals surface area contributed by atoms with Gasteiger partial charge in [0.2, 0.25) is 0 Å². The van der Waals surface area contributed by atoms with E-state index in [0.717, 1.165) is 5.57 Å². The number of allylic oxidation sites excluding steroid dienone is 1. The van der Waals surface area contributed by atoms with Crippen LogP contribution in [-0.4, -0.2) is 66.6 Å². The van der Waals surface area contributed by atoms with Gasteiger partial charge in [-0.05, 0) is 68.8 Å². The number of ketones is 2. The van der Waals surface area contributed by atoms with E-state index in [1.165, 1.54) is 32.9 Å². The summed E-state index contributed by atoms with van der Waals surface area (Å²) in [6, 6.07) is 0. The van der Waals surface area contributed by atoms with E-state index < -0.39 is 62.9 Å². The topological polar surface area (TPSA) is 135 Å². The lowest BCUT2D eigenvalue weighted by molar-refractivity contribution is -0.186. The van der Waals surface area contributed by atoms with Gasteiger partial charge in [0.1, 0.15) is 11.4 Å². The Morgan fingerprint density at radius 2 is 1.59 bits per heavy atom. The highest BCUT2D eigenvalue weighted by Crippen LogP contribution is 2.74. The van der Waals surface area contributed by atoms with Crippen LogP contribution in [-0.2, 0) is 9.59 Å². The fourth-order valence-electron chi connectivity index (χ4n) is 9.15. The molecule has 0 heterocycles. The zero-order valence-electron chi connectivity index (χ0n) is 23.6. The molecule has 4 aliphatic carbocycles. The van der Waals surface area contributed by atoms with Crippen LogP contribution in [0.2, 0.25) is 0 Å². The van der Waals surface area contributed by atoms with E-state index in [2.05, 4.69) is 13.0 Å². The predicted octanol–water partition coefficient (Wildman–Crippen LogP) is 2.72. The molecule has 208 valence electrons. The minimum atomic E-state index is -1.94. The van der Waals surface area contributed by atoms with Gasteiger partial charge in [-0.25, -0.2) is 0 Å². The van der Waals surface area contributed by atoms with Gasteiger partial charge >= 0.3 is 0 Å². The van der Waals surface area contributed by atoms with E-state index in [4.69, 9.17) is 0 Å². The summed E-state index contributed by atoms with van der Waals surface area (Å²) in [5.41, 5.74) is -5.07. The van der Waals surface area contributed by atoms with Crippen LogP contribution in [0.25, 0.3) is 0 Å². The predicted molar refractivity (Wildman–Crippen MR) is 139 cm³/mol. The van der Waals surface area contributed by atoms with Crippen LogP contribution in [0.15, 0.2) is 23.8 Å². The molecule has 0 aromatic rings. The number of Topliss-reactive ketones (excluding diaryl/α,β-unsaturated/α-hetero) is 1. The molecule has 4 aliphatic rings. The minimum absolute atomic E-state index is 0.0156. The summed E-state index contributed by atoms with van der Waals surface area (Å²) >= 11 is 0. The smallest absolute Gasteiger partial charge is 0.187 e. The Labute approximate surface area is 220 Å². The van der Waals surface area contributed by atoms with Crippen molar-refractivity contribution < 1.29 is 35.1 Å².